The van der Waals surface area contributed by atoms with Gasteiger partial charge in [0.25, 0.3) is 0 Å². The van der Waals surface area contributed by atoms with E-state index >= 15 is 0 Å². The Kier molecular flexibility index (Phi) is 54.2. The maximum Gasteiger partial charge on any atom is 0.472 e. The number of esters is 3. The van der Waals surface area contributed by atoms with Gasteiger partial charge in [0.05, 0.1) is 19.8 Å². The molecule has 0 aliphatic heterocycles. The number of aliphatic hydroxyl groups excluding tert-OH is 1. The molecule has 3 unspecified atom stereocenters. The molecule has 0 aliphatic carbocycles. The number of phosphoric acid groups is 1. The summed E-state index contributed by atoms with van der Waals surface area (Å²) in [4.78, 5) is 48.6. The van der Waals surface area contributed by atoms with E-state index in [1.807, 2.05) is 12.2 Å². The molecule has 0 saturated heterocycles. The number of carbonyl (C=O) groups is 3. The highest BCUT2D eigenvalue weighted by molar-refractivity contribution is 7.47. The van der Waals surface area contributed by atoms with Crippen LogP contribution in [0.2, 0.25) is 0 Å². The normalized spacial score (nSPS) is 14.6. The van der Waals surface area contributed by atoms with Crippen LogP contribution >= 0.6 is 7.82 Å². The summed E-state index contributed by atoms with van der Waals surface area (Å²) < 4.78 is 39.4. The molecule has 3 atom stereocenters. The van der Waals surface area contributed by atoms with Crippen LogP contribution in [0.25, 0.3) is 0 Å². The van der Waals surface area contributed by atoms with E-state index < -0.39 is 57.8 Å². The summed E-state index contributed by atoms with van der Waals surface area (Å²) >= 11 is 0. The number of unbranched alkanes of at least 4 members (excludes halogenated alkanes) is 6. The van der Waals surface area contributed by atoms with Gasteiger partial charge in [0, 0.05) is 19.3 Å². The third kappa shape index (κ3) is 55.6. The third-order valence-electron chi connectivity index (χ3n) is 11.1. The summed E-state index contributed by atoms with van der Waals surface area (Å²) in [6, 6.07) is 0. The zero-order valence-electron chi connectivity index (χ0n) is 48.0. The van der Waals surface area contributed by atoms with Crippen molar-refractivity contribution in [2.45, 2.75) is 200 Å². The van der Waals surface area contributed by atoms with Crippen LogP contribution in [0.4, 0.5) is 0 Å². The molecule has 0 heterocycles. The molecule has 0 aromatic heterocycles. The van der Waals surface area contributed by atoms with Crippen LogP contribution in [0.1, 0.15) is 188 Å². The number of ether oxygens (including phenoxy) is 3. The van der Waals surface area contributed by atoms with Crippen LogP contribution in [0.5, 0.6) is 0 Å². The highest BCUT2D eigenvalue weighted by atomic mass is 31.2. The van der Waals surface area contributed by atoms with E-state index in [-0.39, 0.29) is 25.9 Å². The van der Waals surface area contributed by atoms with E-state index in [2.05, 4.69) is 179 Å². The van der Waals surface area contributed by atoms with E-state index in [1.165, 1.54) is 0 Å². The predicted octanol–water partition coefficient (Wildman–Crippen LogP) is 17.5. The summed E-state index contributed by atoms with van der Waals surface area (Å²) in [6.07, 6.45) is 77.5. The number of aliphatic hydroxyl groups is 1. The minimum Gasteiger partial charge on any atom is -0.462 e. The van der Waals surface area contributed by atoms with Gasteiger partial charge in [0.2, 0.25) is 0 Å². The lowest BCUT2D eigenvalue weighted by molar-refractivity contribution is -0.161. The van der Waals surface area contributed by atoms with Crippen molar-refractivity contribution >= 4 is 25.7 Å². The van der Waals surface area contributed by atoms with Crippen molar-refractivity contribution in [2.75, 3.05) is 26.4 Å². The first-order valence-electron chi connectivity index (χ1n) is 29.0. The van der Waals surface area contributed by atoms with Gasteiger partial charge in [-0.3, -0.25) is 23.4 Å². The molecule has 0 saturated carbocycles. The molecule has 78 heavy (non-hydrogen) atoms. The number of rotatable bonds is 51. The molecule has 0 aliphatic rings. The topological polar surface area (TPSA) is 155 Å². The number of allylic oxidation sites excluding steroid dienone is 28. The van der Waals surface area contributed by atoms with Gasteiger partial charge >= 0.3 is 25.7 Å². The molecular weight excluding hydrogens is 1000 g/mol. The quantitative estimate of drug-likeness (QED) is 0.0197. The summed E-state index contributed by atoms with van der Waals surface area (Å²) in [5.74, 6) is -1.64. The first-order chi connectivity index (χ1) is 38.2. The smallest absolute Gasteiger partial charge is 0.462 e. The summed E-state index contributed by atoms with van der Waals surface area (Å²) in [5, 5.41) is 9.82. The van der Waals surface area contributed by atoms with Crippen LogP contribution in [0.15, 0.2) is 170 Å². The van der Waals surface area contributed by atoms with E-state index in [0.29, 0.717) is 25.7 Å². The zero-order chi connectivity index (χ0) is 56.9. The SMILES string of the molecule is CC/C=C\C/C=C\C/C=C\C/C=C\C/C=C\CCCCCC(=O)OC(COC(=O)CCCC/C=C\C/C=C\C/C=C\C/C=C\CC)COP(=O)(O)OCC(CO)OC(=O)CCC/C=C\C/C=C\C/C=C\C/C=C\C/C=C\CC. The minimum atomic E-state index is -4.80. The zero-order valence-corrected chi connectivity index (χ0v) is 48.9. The molecule has 0 radical (unpaired) electrons. The van der Waals surface area contributed by atoms with E-state index in [0.717, 1.165) is 122 Å². The highest BCUT2D eigenvalue weighted by Crippen LogP contribution is 2.43. The lowest BCUT2D eigenvalue weighted by Crippen LogP contribution is -2.30. The number of phosphoric ester groups is 1. The van der Waals surface area contributed by atoms with Crippen LogP contribution in [-0.4, -0.2) is 66.5 Å². The standard InChI is InChI=1S/C66H101O11P/c1-4-7-10-13-16-19-22-25-28-30-31-33-36-39-42-45-48-51-54-57-66(70)77-63(59-73-64(68)55-52-49-46-43-40-37-34-27-24-21-18-15-12-9-6-3)61-75-78(71,72)74-60-62(58-67)76-65(69)56-53-50-47-44-41-38-35-32-29-26-23-20-17-14-11-8-5-2/h7-12,16-21,25-29,31,33-35,38-40,42-44,47,62-63,67H,4-6,13-15,22-24,30,32,36-37,41,45-46,48-61H2,1-3H3,(H,71,72)/b10-7-,11-8-,12-9-,19-16-,20-17-,21-18-,28-25-,29-26-,33-31-,34-27-,38-35-,42-39-,43-40-,47-44-. The number of hydrogen-bond acceptors (Lipinski definition) is 10. The second kappa shape index (κ2) is 58.0. The molecule has 11 nitrogen and oxygen atoms in total. The van der Waals surface area contributed by atoms with Gasteiger partial charge in [0.15, 0.2) is 6.10 Å². The van der Waals surface area contributed by atoms with Gasteiger partial charge in [-0.2, -0.15) is 0 Å². The molecule has 0 aromatic rings. The first kappa shape index (κ1) is 72.8. The maximum atomic E-state index is 12.9. The molecule has 0 aromatic carbocycles. The van der Waals surface area contributed by atoms with Crippen molar-refractivity contribution < 1.29 is 52.2 Å². The fourth-order valence-corrected chi connectivity index (χ4v) is 7.60. The Bertz CT molecular complexity index is 1960. The van der Waals surface area contributed by atoms with Gasteiger partial charge in [-0.25, -0.2) is 4.57 Å². The number of hydrogen-bond donors (Lipinski definition) is 2. The molecule has 0 spiro atoms. The van der Waals surface area contributed by atoms with Crippen molar-refractivity contribution in [2.24, 2.45) is 0 Å². The molecule has 0 bridgehead atoms. The van der Waals surface area contributed by atoms with Crippen molar-refractivity contribution in [3.8, 4) is 0 Å². The first-order valence-corrected chi connectivity index (χ1v) is 30.5. The highest BCUT2D eigenvalue weighted by Gasteiger charge is 2.28. The molecular formula is C66H101O11P. The van der Waals surface area contributed by atoms with E-state index in [1.54, 1.807) is 0 Å². The molecule has 12 heteroatoms. The predicted molar refractivity (Wildman–Crippen MR) is 325 cm³/mol. The Morgan fingerprint density at radius 1 is 0.359 bits per heavy atom. The largest absolute Gasteiger partial charge is 0.472 e. The van der Waals surface area contributed by atoms with Gasteiger partial charge in [-0.15, -0.1) is 0 Å². The van der Waals surface area contributed by atoms with Crippen molar-refractivity contribution in [3.05, 3.63) is 170 Å². The van der Waals surface area contributed by atoms with E-state index in [4.69, 9.17) is 23.3 Å². The van der Waals surface area contributed by atoms with Crippen molar-refractivity contribution in [3.63, 3.8) is 0 Å². The lowest BCUT2D eigenvalue weighted by atomic mass is 10.1. The van der Waals surface area contributed by atoms with Crippen molar-refractivity contribution in [1.82, 2.24) is 0 Å². The Balaban J connectivity index is 4.92. The van der Waals surface area contributed by atoms with Crippen molar-refractivity contribution in [1.29, 1.82) is 0 Å². The fourth-order valence-electron chi connectivity index (χ4n) is 6.82. The van der Waals surface area contributed by atoms with Gasteiger partial charge in [-0.05, 0) is 141 Å². The van der Waals surface area contributed by atoms with E-state index in [9.17, 15) is 28.9 Å². The van der Waals surface area contributed by atoms with Crippen LogP contribution in [-0.2, 0) is 42.2 Å². The molecule has 436 valence electrons. The average Bonchev–Trinajstić information content (AvgIpc) is 3.43. The maximum absolute atomic E-state index is 12.9. The average molecular weight is 1100 g/mol. The van der Waals surface area contributed by atoms with Gasteiger partial charge in [-0.1, -0.05) is 197 Å². The monoisotopic (exact) mass is 1100 g/mol. The molecule has 0 fully saturated rings. The Hall–Kier alpha value is -5.16. The van der Waals surface area contributed by atoms with Crippen LogP contribution in [0.3, 0.4) is 0 Å². The molecule has 2 N–H and O–H groups in total. The summed E-state index contributed by atoms with van der Waals surface area (Å²) in [7, 11) is -4.80. The molecule has 0 amide bonds. The minimum absolute atomic E-state index is 0.0828. The third-order valence-corrected chi connectivity index (χ3v) is 12.1. The Labute approximate surface area is 472 Å². The second-order valence-corrected chi connectivity index (χ2v) is 19.8. The number of carbonyl (C=O) groups excluding carboxylic acids is 3. The fraction of sp³-hybridized carbons (Fsp3) is 0.530. The van der Waals surface area contributed by atoms with Gasteiger partial charge in [0.1, 0.15) is 12.7 Å². The van der Waals surface area contributed by atoms with Crippen LogP contribution in [0, 0.1) is 0 Å². The Morgan fingerprint density at radius 3 is 1.01 bits per heavy atom. The summed E-state index contributed by atoms with van der Waals surface area (Å²) in [6.45, 7) is 4.12. The lowest BCUT2D eigenvalue weighted by Gasteiger charge is -2.21. The molecule has 0 rings (SSSR count). The Morgan fingerprint density at radius 2 is 0.641 bits per heavy atom. The van der Waals surface area contributed by atoms with Crippen LogP contribution < -0.4 is 0 Å². The summed E-state index contributed by atoms with van der Waals surface area (Å²) in [5.41, 5.74) is 0. The second-order valence-electron chi connectivity index (χ2n) is 18.3. The van der Waals surface area contributed by atoms with Gasteiger partial charge < -0.3 is 24.2 Å².